The Labute approximate surface area is 161 Å². The van der Waals surface area contributed by atoms with Gasteiger partial charge in [0.25, 0.3) is 0 Å². The molecule has 3 aromatic heterocycles. The fourth-order valence-corrected chi connectivity index (χ4v) is 2.93. The van der Waals surface area contributed by atoms with Crippen LogP contribution in [0, 0.1) is 0 Å². The summed E-state index contributed by atoms with van der Waals surface area (Å²) in [4.78, 5) is 13.4. The van der Waals surface area contributed by atoms with E-state index in [4.69, 9.17) is 8.83 Å². The number of nitrogens with zero attached hydrogens (tertiary/aromatic N) is 3. The third-order valence-corrected chi connectivity index (χ3v) is 4.32. The molecule has 0 unspecified atom stereocenters. The Morgan fingerprint density at radius 1 is 0.500 bits per heavy atom. The molecule has 0 bridgehead atoms. The van der Waals surface area contributed by atoms with Gasteiger partial charge in [0, 0.05) is 11.1 Å². The molecule has 5 nitrogen and oxygen atoms in total. The summed E-state index contributed by atoms with van der Waals surface area (Å²) in [5.41, 5.74) is 3.19. The van der Waals surface area contributed by atoms with Gasteiger partial charge in [-0.25, -0.2) is 15.0 Å². The van der Waals surface area contributed by atoms with Gasteiger partial charge in [-0.05, 0) is 12.1 Å². The highest BCUT2D eigenvalue weighted by atomic mass is 16.4. The molecule has 0 fully saturated rings. The van der Waals surface area contributed by atoms with Gasteiger partial charge in [0.15, 0.2) is 11.5 Å². The van der Waals surface area contributed by atoms with E-state index in [1.54, 1.807) is 12.4 Å². The molecule has 134 valence electrons. The molecule has 28 heavy (non-hydrogen) atoms. The van der Waals surface area contributed by atoms with E-state index in [9.17, 15) is 0 Å². The monoisotopic (exact) mass is 365 g/mol. The molecule has 0 N–H and O–H groups in total. The van der Waals surface area contributed by atoms with Gasteiger partial charge in [0.2, 0.25) is 11.8 Å². The molecule has 0 atom stereocenters. The van der Waals surface area contributed by atoms with Crippen molar-refractivity contribution in [2.75, 3.05) is 0 Å². The zero-order valence-corrected chi connectivity index (χ0v) is 14.8. The molecule has 3 heterocycles. The van der Waals surface area contributed by atoms with Crippen LogP contribution in [0.1, 0.15) is 0 Å². The van der Waals surface area contributed by atoms with Crippen LogP contribution in [-0.2, 0) is 0 Å². The molecule has 5 heteroatoms. The third-order valence-electron chi connectivity index (χ3n) is 4.32. The zero-order chi connectivity index (χ0) is 18.8. The van der Waals surface area contributed by atoms with E-state index in [-0.39, 0.29) is 0 Å². The lowest BCUT2D eigenvalue weighted by molar-refractivity contribution is 0.581. The first-order valence-corrected chi connectivity index (χ1v) is 8.87. The van der Waals surface area contributed by atoms with Crippen molar-refractivity contribution in [3.63, 3.8) is 0 Å². The molecule has 0 spiro atoms. The van der Waals surface area contributed by atoms with Crippen LogP contribution in [0.25, 0.3) is 45.8 Å². The lowest BCUT2D eigenvalue weighted by Gasteiger charge is -1.99. The number of hydrogen-bond acceptors (Lipinski definition) is 5. The average Bonchev–Trinajstić information content (AvgIpc) is 3.46. The summed E-state index contributed by atoms with van der Waals surface area (Å²) in [5, 5.41) is 0. The predicted octanol–water partition coefficient (Wildman–Crippen LogP) is 5.73. The number of rotatable bonds is 4. The van der Waals surface area contributed by atoms with Gasteiger partial charge in [-0.2, -0.15) is 0 Å². The number of hydrogen-bond donors (Lipinski definition) is 0. The standard InChI is InChI=1S/C23H15N3O2/c1-3-8-16(9-4-1)20-14-24-22(27-20)18-12-7-13-19(26-18)23-25-15-21(28-23)17-10-5-2-6-11-17/h1-15H. The number of pyridine rings is 1. The zero-order valence-electron chi connectivity index (χ0n) is 14.8. The Hall–Kier alpha value is -3.99. The van der Waals surface area contributed by atoms with Crippen LogP contribution in [0.15, 0.2) is 100 Å². The van der Waals surface area contributed by atoms with E-state index in [0.717, 1.165) is 11.1 Å². The largest absolute Gasteiger partial charge is 0.435 e. The van der Waals surface area contributed by atoms with Crippen molar-refractivity contribution in [1.82, 2.24) is 15.0 Å². The quantitative estimate of drug-likeness (QED) is 0.407. The molecular weight excluding hydrogens is 350 g/mol. The minimum absolute atomic E-state index is 0.454. The molecule has 0 saturated heterocycles. The maximum atomic E-state index is 5.90. The second-order valence-electron chi connectivity index (χ2n) is 6.20. The molecule has 0 aliphatic carbocycles. The average molecular weight is 365 g/mol. The maximum absolute atomic E-state index is 5.90. The summed E-state index contributed by atoms with van der Waals surface area (Å²) in [6.45, 7) is 0. The fourth-order valence-electron chi connectivity index (χ4n) is 2.93. The maximum Gasteiger partial charge on any atom is 0.245 e. The van der Waals surface area contributed by atoms with Crippen LogP contribution in [0.2, 0.25) is 0 Å². The van der Waals surface area contributed by atoms with Crippen molar-refractivity contribution in [2.45, 2.75) is 0 Å². The van der Waals surface area contributed by atoms with Crippen molar-refractivity contribution in [3.8, 4) is 45.8 Å². The van der Waals surface area contributed by atoms with Gasteiger partial charge in [0.1, 0.15) is 11.4 Å². The second-order valence-corrected chi connectivity index (χ2v) is 6.20. The molecule has 0 aliphatic rings. The first-order chi connectivity index (χ1) is 13.9. The predicted molar refractivity (Wildman–Crippen MR) is 106 cm³/mol. The van der Waals surface area contributed by atoms with E-state index >= 15 is 0 Å². The van der Waals surface area contributed by atoms with Crippen molar-refractivity contribution >= 4 is 0 Å². The Morgan fingerprint density at radius 2 is 0.964 bits per heavy atom. The van der Waals surface area contributed by atoms with E-state index in [0.29, 0.717) is 34.7 Å². The molecule has 5 aromatic rings. The van der Waals surface area contributed by atoms with Gasteiger partial charge in [0.05, 0.1) is 12.4 Å². The van der Waals surface area contributed by atoms with Gasteiger partial charge < -0.3 is 8.83 Å². The van der Waals surface area contributed by atoms with Crippen molar-refractivity contribution < 1.29 is 8.83 Å². The van der Waals surface area contributed by atoms with Crippen LogP contribution < -0.4 is 0 Å². The topological polar surface area (TPSA) is 65.0 Å². The van der Waals surface area contributed by atoms with Crippen LogP contribution in [0.4, 0.5) is 0 Å². The fraction of sp³-hybridized carbons (Fsp3) is 0. The summed E-state index contributed by atoms with van der Waals surface area (Å²) >= 11 is 0. The molecule has 0 saturated carbocycles. The van der Waals surface area contributed by atoms with Crippen molar-refractivity contribution in [3.05, 3.63) is 91.3 Å². The van der Waals surface area contributed by atoms with Crippen LogP contribution in [0.5, 0.6) is 0 Å². The minimum Gasteiger partial charge on any atom is -0.435 e. The molecule has 0 aliphatic heterocycles. The Balaban J connectivity index is 1.46. The lowest BCUT2D eigenvalue weighted by atomic mass is 10.2. The summed E-state index contributed by atoms with van der Waals surface area (Å²) in [5.74, 6) is 2.31. The first-order valence-electron chi connectivity index (χ1n) is 8.87. The van der Waals surface area contributed by atoms with E-state index in [1.807, 2.05) is 78.9 Å². The highest BCUT2D eigenvalue weighted by Gasteiger charge is 2.14. The summed E-state index contributed by atoms with van der Waals surface area (Å²) in [6, 6.07) is 25.3. The van der Waals surface area contributed by atoms with E-state index in [1.165, 1.54) is 0 Å². The number of oxazole rings is 2. The van der Waals surface area contributed by atoms with E-state index < -0.39 is 0 Å². The number of benzene rings is 2. The van der Waals surface area contributed by atoms with Gasteiger partial charge in [-0.1, -0.05) is 66.7 Å². The highest BCUT2D eigenvalue weighted by Crippen LogP contribution is 2.28. The Morgan fingerprint density at radius 3 is 1.43 bits per heavy atom. The molecule has 0 amide bonds. The summed E-state index contributed by atoms with van der Waals surface area (Å²) in [6.07, 6.45) is 3.41. The minimum atomic E-state index is 0.454. The third kappa shape index (κ3) is 3.10. The molecule has 5 rings (SSSR count). The van der Waals surface area contributed by atoms with Crippen molar-refractivity contribution in [1.29, 1.82) is 0 Å². The molecule has 2 aromatic carbocycles. The van der Waals surface area contributed by atoms with E-state index in [2.05, 4.69) is 15.0 Å². The summed E-state index contributed by atoms with van der Waals surface area (Å²) < 4.78 is 11.8. The van der Waals surface area contributed by atoms with Gasteiger partial charge in [-0.3, -0.25) is 0 Å². The van der Waals surface area contributed by atoms with Gasteiger partial charge >= 0.3 is 0 Å². The van der Waals surface area contributed by atoms with Gasteiger partial charge in [-0.15, -0.1) is 0 Å². The smallest absolute Gasteiger partial charge is 0.245 e. The molecule has 0 radical (unpaired) electrons. The van der Waals surface area contributed by atoms with Crippen LogP contribution >= 0.6 is 0 Å². The van der Waals surface area contributed by atoms with Crippen LogP contribution in [-0.4, -0.2) is 15.0 Å². The lowest BCUT2D eigenvalue weighted by Crippen LogP contribution is -1.87. The summed E-state index contributed by atoms with van der Waals surface area (Å²) in [7, 11) is 0. The SMILES string of the molecule is c1ccc(-c2cnc(-c3cccc(-c4ncc(-c5ccccc5)o4)n3)o2)cc1. The normalized spacial score (nSPS) is 10.9. The number of aromatic nitrogens is 3. The first kappa shape index (κ1) is 16.2. The Kier molecular flexibility index (Phi) is 4.03. The van der Waals surface area contributed by atoms with Crippen molar-refractivity contribution in [2.24, 2.45) is 0 Å². The second kappa shape index (κ2) is 6.96. The van der Waals surface area contributed by atoms with Crippen LogP contribution in [0.3, 0.4) is 0 Å². The molecular formula is C23H15N3O2. The highest BCUT2D eigenvalue weighted by molar-refractivity contribution is 5.62. The Bertz CT molecular complexity index is 1120.